The van der Waals surface area contributed by atoms with Crippen LogP contribution in [0.5, 0.6) is 0 Å². The molecular formula is C10H14IN. The highest BCUT2D eigenvalue weighted by Gasteiger charge is 2.17. The molecule has 66 valence electrons. The molecule has 1 nitrogen and oxygen atoms in total. The molecule has 0 unspecified atom stereocenters. The standard InChI is InChI=1S/C10H14IN/c1-10(2,7-12)8-3-5-9(11)6-4-8/h3-6H,7,12H2,1-2H3. The molecule has 12 heavy (non-hydrogen) atoms. The SMILES string of the molecule is CC(C)(CN)c1ccc(I)cc1. The number of hydrogen-bond donors (Lipinski definition) is 1. The van der Waals surface area contributed by atoms with Crippen LogP contribution in [-0.4, -0.2) is 6.54 Å². The first-order valence-electron chi connectivity index (χ1n) is 4.02. The molecule has 0 saturated heterocycles. The lowest BCUT2D eigenvalue weighted by molar-refractivity contribution is 0.539. The first-order chi connectivity index (χ1) is 5.56. The summed E-state index contributed by atoms with van der Waals surface area (Å²) in [4.78, 5) is 0. The van der Waals surface area contributed by atoms with Crippen LogP contribution in [0.3, 0.4) is 0 Å². The summed E-state index contributed by atoms with van der Waals surface area (Å²) < 4.78 is 1.27. The molecule has 0 aliphatic carbocycles. The average molecular weight is 275 g/mol. The van der Waals surface area contributed by atoms with E-state index in [9.17, 15) is 0 Å². The normalized spacial score (nSPS) is 11.7. The Labute approximate surface area is 87.5 Å². The average Bonchev–Trinajstić information content (AvgIpc) is 2.05. The number of halogens is 1. The Morgan fingerprint density at radius 1 is 1.25 bits per heavy atom. The van der Waals surface area contributed by atoms with Crippen molar-refractivity contribution in [2.45, 2.75) is 19.3 Å². The van der Waals surface area contributed by atoms with Crippen molar-refractivity contribution in [3.8, 4) is 0 Å². The molecule has 0 aliphatic rings. The van der Waals surface area contributed by atoms with E-state index in [1.54, 1.807) is 0 Å². The first-order valence-corrected chi connectivity index (χ1v) is 5.10. The van der Waals surface area contributed by atoms with Gasteiger partial charge in [0.2, 0.25) is 0 Å². The van der Waals surface area contributed by atoms with Crippen LogP contribution in [0.2, 0.25) is 0 Å². The van der Waals surface area contributed by atoms with E-state index in [1.807, 2.05) is 0 Å². The molecular weight excluding hydrogens is 261 g/mol. The summed E-state index contributed by atoms with van der Waals surface area (Å²) >= 11 is 2.31. The summed E-state index contributed by atoms with van der Waals surface area (Å²) in [6, 6.07) is 8.53. The van der Waals surface area contributed by atoms with Crippen molar-refractivity contribution in [3.05, 3.63) is 33.4 Å². The van der Waals surface area contributed by atoms with Gasteiger partial charge in [-0.25, -0.2) is 0 Å². The quantitative estimate of drug-likeness (QED) is 0.825. The van der Waals surface area contributed by atoms with Crippen LogP contribution in [0, 0.1) is 3.57 Å². The van der Waals surface area contributed by atoms with Gasteiger partial charge in [-0.1, -0.05) is 26.0 Å². The summed E-state index contributed by atoms with van der Waals surface area (Å²) in [7, 11) is 0. The fraction of sp³-hybridized carbons (Fsp3) is 0.400. The minimum atomic E-state index is 0.102. The van der Waals surface area contributed by atoms with Gasteiger partial charge in [-0.3, -0.25) is 0 Å². The summed E-state index contributed by atoms with van der Waals surface area (Å²) in [6.07, 6.45) is 0. The van der Waals surface area contributed by atoms with Crippen LogP contribution in [0.4, 0.5) is 0 Å². The Morgan fingerprint density at radius 2 is 1.75 bits per heavy atom. The van der Waals surface area contributed by atoms with Crippen molar-refractivity contribution in [1.29, 1.82) is 0 Å². The largest absolute Gasteiger partial charge is 0.330 e. The lowest BCUT2D eigenvalue weighted by Gasteiger charge is -2.22. The van der Waals surface area contributed by atoms with Gasteiger partial charge < -0.3 is 5.73 Å². The Balaban J connectivity index is 2.96. The molecule has 0 fully saturated rings. The highest BCUT2D eigenvalue weighted by molar-refractivity contribution is 14.1. The van der Waals surface area contributed by atoms with Crippen LogP contribution < -0.4 is 5.73 Å². The number of hydrogen-bond acceptors (Lipinski definition) is 1. The second kappa shape index (κ2) is 3.75. The molecule has 2 heteroatoms. The van der Waals surface area contributed by atoms with Crippen molar-refractivity contribution in [2.75, 3.05) is 6.54 Å². The molecule has 1 rings (SSSR count). The maximum absolute atomic E-state index is 5.67. The molecule has 1 aromatic carbocycles. The van der Waals surface area contributed by atoms with Gasteiger partial charge in [-0.15, -0.1) is 0 Å². The van der Waals surface area contributed by atoms with Crippen molar-refractivity contribution in [3.63, 3.8) is 0 Å². The molecule has 0 spiro atoms. The van der Waals surface area contributed by atoms with E-state index >= 15 is 0 Å². The van der Waals surface area contributed by atoms with Gasteiger partial charge in [-0.05, 0) is 40.3 Å². The van der Waals surface area contributed by atoms with Gasteiger partial charge in [-0.2, -0.15) is 0 Å². The van der Waals surface area contributed by atoms with E-state index in [1.165, 1.54) is 9.13 Å². The van der Waals surface area contributed by atoms with Gasteiger partial charge in [0.1, 0.15) is 0 Å². The predicted octanol–water partition coefficient (Wildman–Crippen LogP) is 2.53. The van der Waals surface area contributed by atoms with Gasteiger partial charge in [0.15, 0.2) is 0 Å². The third-order valence-corrected chi connectivity index (χ3v) is 2.86. The molecule has 0 radical (unpaired) electrons. The maximum atomic E-state index is 5.67. The molecule has 0 saturated carbocycles. The monoisotopic (exact) mass is 275 g/mol. The van der Waals surface area contributed by atoms with E-state index in [2.05, 4.69) is 60.7 Å². The molecule has 0 heterocycles. The van der Waals surface area contributed by atoms with Gasteiger partial charge >= 0.3 is 0 Å². The summed E-state index contributed by atoms with van der Waals surface area (Å²) in [5, 5.41) is 0. The highest BCUT2D eigenvalue weighted by atomic mass is 127. The third-order valence-electron chi connectivity index (χ3n) is 2.14. The van der Waals surface area contributed by atoms with Crippen molar-refractivity contribution < 1.29 is 0 Å². The van der Waals surface area contributed by atoms with Crippen LogP contribution in [-0.2, 0) is 5.41 Å². The van der Waals surface area contributed by atoms with Gasteiger partial charge in [0, 0.05) is 15.5 Å². The fourth-order valence-electron chi connectivity index (χ4n) is 1.02. The zero-order valence-corrected chi connectivity index (χ0v) is 9.63. The van der Waals surface area contributed by atoms with E-state index in [4.69, 9.17) is 5.73 Å². The Kier molecular flexibility index (Phi) is 3.12. The van der Waals surface area contributed by atoms with E-state index < -0.39 is 0 Å². The van der Waals surface area contributed by atoms with Gasteiger partial charge in [0.25, 0.3) is 0 Å². The second-order valence-corrected chi connectivity index (χ2v) is 4.84. The molecule has 0 atom stereocenters. The van der Waals surface area contributed by atoms with Crippen LogP contribution in [0.15, 0.2) is 24.3 Å². The zero-order chi connectivity index (χ0) is 9.19. The highest BCUT2D eigenvalue weighted by Crippen LogP contribution is 2.22. The molecule has 0 aromatic heterocycles. The fourth-order valence-corrected chi connectivity index (χ4v) is 1.38. The predicted molar refractivity (Wildman–Crippen MR) is 61.2 cm³/mol. The maximum Gasteiger partial charge on any atom is 0.0130 e. The Hall–Kier alpha value is -0.0900. The Morgan fingerprint density at radius 3 is 2.17 bits per heavy atom. The first kappa shape index (κ1) is 9.99. The Bertz CT molecular complexity index is 251. The molecule has 0 bridgehead atoms. The smallest absolute Gasteiger partial charge is 0.0130 e. The van der Waals surface area contributed by atoms with Crippen LogP contribution >= 0.6 is 22.6 Å². The summed E-state index contributed by atoms with van der Waals surface area (Å²) in [5.41, 5.74) is 7.09. The van der Waals surface area contributed by atoms with Crippen LogP contribution in [0.1, 0.15) is 19.4 Å². The molecule has 1 aromatic rings. The zero-order valence-electron chi connectivity index (χ0n) is 7.47. The molecule has 0 aliphatic heterocycles. The number of nitrogens with two attached hydrogens (primary N) is 1. The number of benzene rings is 1. The minimum Gasteiger partial charge on any atom is -0.330 e. The van der Waals surface area contributed by atoms with Gasteiger partial charge in [0.05, 0.1) is 0 Å². The lowest BCUT2D eigenvalue weighted by Crippen LogP contribution is -2.27. The van der Waals surface area contributed by atoms with E-state index in [0.29, 0.717) is 6.54 Å². The van der Waals surface area contributed by atoms with Crippen molar-refractivity contribution in [1.82, 2.24) is 0 Å². The molecule has 2 N–H and O–H groups in total. The number of rotatable bonds is 2. The van der Waals surface area contributed by atoms with Crippen molar-refractivity contribution >= 4 is 22.6 Å². The van der Waals surface area contributed by atoms with Crippen molar-refractivity contribution in [2.24, 2.45) is 5.73 Å². The topological polar surface area (TPSA) is 26.0 Å². The molecule has 0 amide bonds. The summed E-state index contributed by atoms with van der Waals surface area (Å²) in [5.74, 6) is 0. The third kappa shape index (κ3) is 2.20. The second-order valence-electron chi connectivity index (χ2n) is 3.59. The van der Waals surface area contributed by atoms with E-state index in [-0.39, 0.29) is 5.41 Å². The van der Waals surface area contributed by atoms with E-state index in [0.717, 1.165) is 0 Å². The van der Waals surface area contributed by atoms with Crippen LogP contribution in [0.25, 0.3) is 0 Å². The summed E-state index contributed by atoms with van der Waals surface area (Å²) in [6.45, 7) is 5.01. The lowest BCUT2D eigenvalue weighted by atomic mass is 9.85. The minimum absolute atomic E-state index is 0.102.